The van der Waals surface area contributed by atoms with E-state index in [0.29, 0.717) is 35.8 Å². The molecule has 1 aliphatic heterocycles. The minimum Gasteiger partial charge on any atom is -0.393 e. The minimum absolute atomic E-state index is 0.0569. The molecule has 1 aromatic rings. The van der Waals surface area contributed by atoms with Crippen LogP contribution in [-0.4, -0.2) is 51.3 Å². The van der Waals surface area contributed by atoms with Gasteiger partial charge in [-0.1, -0.05) is 6.92 Å². The van der Waals surface area contributed by atoms with E-state index >= 15 is 0 Å². The maximum absolute atomic E-state index is 12.6. The summed E-state index contributed by atoms with van der Waals surface area (Å²) in [6.45, 7) is 4.68. The number of H-pyrrole nitrogens is 1. The number of aromatic nitrogens is 2. The summed E-state index contributed by atoms with van der Waals surface area (Å²) < 4.78 is 0. The van der Waals surface area contributed by atoms with E-state index in [2.05, 4.69) is 9.97 Å². The monoisotopic (exact) mass is 297 g/mol. The standard InChI is InChI=1S/C13H19N3O3S/c1-7-6-16(5-4-9(7)17)12(18)10-8(2)14-13(19)15-11(10)20-3/h7,9,17H,4-6H2,1-3H3,(H,14,15,19). The summed E-state index contributed by atoms with van der Waals surface area (Å²) in [6.07, 6.45) is 2.02. The number of amides is 1. The van der Waals surface area contributed by atoms with Crippen molar-refractivity contribution in [1.29, 1.82) is 0 Å². The molecule has 0 radical (unpaired) electrons. The van der Waals surface area contributed by atoms with E-state index in [1.807, 2.05) is 6.92 Å². The lowest BCUT2D eigenvalue weighted by Crippen LogP contribution is -2.45. The van der Waals surface area contributed by atoms with E-state index in [1.165, 1.54) is 11.8 Å². The lowest BCUT2D eigenvalue weighted by Gasteiger charge is -2.34. The van der Waals surface area contributed by atoms with Gasteiger partial charge >= 0.3 is 5.69 Å². The van der Waals surface area contributed by atoms with Crippen molar-refractivity contribution in [1.82, 2.24) is 14.9 Å². The van der Waals surface area contributed by atoms with Crippen LogP contribution in [0.15, 0.2) is 9.82 Å². The maximum Gasteiger partial charge on any atom is 0.346 e. The highest BCUT2D eigenvalue weighted by Crippen LogP contribution is 2.23. The summed E-state index contributed by atoms with van der Waals surface area (Å²) >= 11 is 1.29. The molecule has 1 saturated heterocycles. The molecule has 0 aromatic carbocycles. The average Bonchev–Trinajstić information content (AvgIpc) is 2.40. The predicted molar refractivity (Wildman–Crippen MR) is 77.1 cm³/mol. The number of hydrogen-bond donors (Lipinski definition) is 2. The summed E-state index contributed by atoms with van der Waals surface area (Å²) in [6, 6.07) is 0. The number of aliphatic hydroxyl groups excluding tert-OH is 1. The van der Waals surface area contributed by atoms with Crippen molar-refractivity contribution in [3.63, 3.8) is 0 Å². The molecule has 0 bridgehead atoms. The van der Waals surface area contributed by atoms with E-state index < -0.39 is 5.69 Å². The van der Waals surface area contributed by atoms with Crippen LogP contribution in [0.2, 0.25) is 0 Å². The second-order valence-corrected chi connectivity index (χ2v) is 5.93. The Morgan fingerprint density at radius 2 is 2.25 bits per heavy atom. The summed E-state index contributed by atoms with van der Waals surface area (Å²) in [7, 11) is 0. The number of thioether (sulfide) groups is 1. The normalized spacial score (nSPS) is 22.9. The fraction of sp³-hybridized carbons (Fsp3) is 0.615. The summed E-state index contributed by atoms with van der Waals surface area (Å²) in [5, 5.41) is 10.2. The van der Waals surface area contributed by atoms with Gasteiger partial charge < -0.3 is 15.0 Å². The van der Waals surface area contributed by atoms with Gasteiger partial charge in [-0.15, -0.1) is 11.8 Å². The van der Waals surface area contributed by atoms with Gasteiger partial charge in [0.2, 0.25) is 0 Å². The highest BCUT2D eigenvalue weighted by Gasteiger charge is 2.30. The topological polar surface area (TPSA) is 86.3 Å². The van der Waals surface area contributed by atoms with Gasteiger partial charge in [-0.2, -0.15) is 4.98 Å². The third-order valence-electron chi connectivity index (χ3n) is 3.64. The number of rotatable bonds is 2. The highest BCUT2D eigenvalue weighted by molar-refractivity contribution is 7.98. The van der Waals surface area contributed by atoms with Crippen molar-refractivity contribution in [3.05, 3.63) is 21.7 Å². The molecule has 2 unspecified atom stereocenters. The van der Waals surface area contributed by atoms with Crippen LogP contribution in [-0.2, 0) is 0 Å². The Bertz CT molecular complexity index is 572. The van der Waals surface area contributed by atoms with Crippen LogP contribution in [0.4, 0.5) is 0 Å². The lowest BCUT2D eigenvalue weighted by molar-refractivity contribution is 0.0294. The van der Waals surface area contributed by atoms with Crippen molar-refractivity contribution in [2.24, 2.45) is 5.92 Å². The van der Waals surface area contributed by atoms with Gasteiger partial charge in [-0.05, 0) is 25.5 Å². The largest absolute Gasteiger partial charge is 0.393 e. The Balaban J connectivity index is 2.32. The number of aliphatic hydroxyl groups is 1. The Hall–Kier alpha value is -1.34. The maximum atomic E-state index is 12.6. The van der Waals surface area contributed by atoms with E-state index in [0.717, 1.165) is 0 Å². The second-order valence-electron chi connectivity index (χ2n) is 5.14. The smallest absolute Gasteiger partial charge is 0.346 e. The second kappa shape index (κ2) is 5.97. The minimum atomic E-state index is -0.439. The predicted octanol–water partition coefficient (Wildman–Crippen LogP) is 0.643. The van der Waals surface area contributed by atoms with Gasteiger partial charge in [0.05, 0.1) is 11.7 Å². The van der Waals surface area contributed by atoms with Crippen LogP contribution in [0, 0.1) is 12.8 Å². The van der Waals surface area contributed by atoms with Crippen molar-refractivity contribution in [3.8, 4) is 0 Å². The zero-order valence-electron chi connectivity index (χ0n) is 11.8. The van der Waals surface area contributed by atoms with E-state index in [9.17, 15) is 14.7 Å². The Labute approximate surface area is 121 Å². The van der Waals surface area contributed by atoms with Crippen molar-refractivity contribution in [2.45, 2.75) is 31.4 Å². The number of piperidine rings is 1. The first-order valence-electron chi connectivity index (χ1n) is 6.56. The van der Waals surface area contributed by atoms with Crippen LogP contribution in [0.5, 0.6) is 0 Å². The molecule has 110 valence electrons. The SMILES string of the molecule is CSc1nc(=O)[nH]c(C)c1C(=O)N1CCC(O)C(C)C1. The fourth-order valence-electron chi connectivity index (χ4n) is 2.43. The molecule has 0 saturated carbocycles. The molecule has 1 aliphatic rings. The third-order valence-corrected chi connectivity index (χ3v) is 4.32. The molecule has 0 spiro atoms. The number of carbonyl (C=O) groups excluding carboxylic acids is 1. The van der Waals surface area contributed by atoms with E-state index in [-0.39, 0.29) is 17.9 Å². The molecular weight excluding hydrogens is 278 g/mol. The molecule has 0 aliphatic carbocycles. The Morgan fingerprint density at radius 1 is 1.55 bits per heavy atom. The number of aromatic amines is 1. The molecule has 2 N–H and O–H groups in total. The Morgan fingerprint density at radius 3 is 2.85 bits per heavy atom. The van der Waals surface area contributed by atoms with Gasteiger partial charge in [0.25, 0.3) is 5.91 Å². The number of carbonyl (C=O) groups is 1. The number of nitrogens with one attached hydrogen (secondary N) is 1. The number of aryl methyl sites for hydroxylation is 1. The highest BCUT2D eigenvalue weighted by atomic mass is 32.2. The van der Waals surface area contributed by atoms with E-state index in [4.69, 9.17) is 0 Å². The zero-order chi connectivity index (χ0) is 14.9. The number of likely N-dealkylation sites (tertiary alicyclic amines) is 1. The number of nitrogens with zero attached hydrogens (tertiary/aromatic N) is 2. The molecule has 7 heteroatoms. The first-order valence-corrected chi connectivity index (χ1v) is 7.78. The van der Waals surface area contributed by atoms with Crippen molar-refractivity contribution >= 4 is 17.7 Å². The molecule has 2 rings (SSSR count). The van der Waals surface area contributed by atoms with Crippen LogP contribution in [0.25, 0.3) is 0 Å². The summed E-state index contributed by atoms with van der Waals surface area (Å²) in [5.74, 6) is -0.0733. The molecule has 2 atom stereocenters. The van der Waals surface area contributed by atoms with Crippen LogP contribution >= 0.6 is 11.8 Å². The van der Waals surface area contributed by atoms with Crippen LogP contribution in [0.3, 0.4) is 0 Å². The van der Waals surface area contributed by atoms with E-state index in [1.54, 1.807) is 18.1 Å². The zero-order valence-corrected chi connectivity index (χ0v) is 12.7. The molecule has 1 fully saturated rings. The third kappa shape index (κ3) is 2.88. The van der Waals surface area contributed by atoms with Gasteiger partial charge in [-0.3, -0.25) is 4.79 Å². The van der Waals surface area contributed by atoms with Crippen molar-refractivity contribution in [2.75, 3.05) is 19.3 Å². The average molecular weight is 297 g/mol. The molecule has 1 amide bonds. The van der Waals surface area contributed by atoms with Gasteiger partial charge in [0, 0.05) is 18.8 Å². The number of hydrogen-bond acceptors (Lipinski definition) is 5. The van der Waals surface area contributed by atoms with Gasteiger partial charge in [-0.25, -0.2) is 4.79 Å². The molecular formula is C13H19N3O3S. The Kier molecular flexibility index (Phi) is 4.49. The van der Waals surface area contributed by atoms with Crippen LogP contribution < -0.4 is 5.69 Å². The molecule has 2 heterocycles. The first kappa shape index (κ1) is 15.1. The summed E-state index contributed by atoms with van der Waals surface area (Å²) in [5.41, 5.74) is 0.560. The lowest BCUT2D eigenvalue weighted by atomic mass is 9.96. The van der Waals surface area contributed by atoms with Gasteiger partial charge in [0.1, 0.15) is 5.03 Å². The first-order chi connectivity index (χ1) is 9.43. The fourth-order valence-corrected chi connectivity index (χ4v) is 3.05. The van der Waals surface area contributed by atoms with Gasteiger partial charge in [0.15, 0.2) is 0 Å². The van der Waals surface area contributed by atoms with Crippen molar-refractivity contribution < 1.29 is 9.90 Å². The van der Waals surface area contributed by atoms with Crippen LogP contribution in [0.1, 0.15) is 29.4 Å². The molecule has 6 nitrogen and oxygen atoms in total. The molecule has 20 heavy (non-hydrogen) atoms. The quantitative estimate of drug-likeness (QED) is 0.618. The molecule has 1 aromatic heterocycles. The summed E-state index contributed by atoms with van der Waals surface area (Å²) in [4.78, 5) is 32.2.